The average Bonchev–Trinajstić information content (AvgIpc) is 3.26. The fourth-order valence-electron chi connectivity index (χ4n) is 3.68. The van der Waals surface area contributed by atoms with Crippen LogP contribution in [-0.2, 0) is 21.2 Å². The van der Waals surface area contributed by atoms with E-state index in [4.69, 9.17) is 4.42 Å². The Morgan fingerprint density at radius 2 is 1.67 bits per heavy atom. The molecule has 0 spiro atoms. The van der Waals surface area contributed by atoms with Crippen molar-refractivity contribution in [1.82, 2.24) is 14.2 Å². The molecule has 174 valence electrons. The first-order valence-corrected chi connectivity index (χ1v) is 11.9. The van der Waals surface area contributed by atoms with Crippen molar-refractivity contribution >= 4 is 15.9 Å². The van der Waals surface area contributed by atoms with Crippen molar-refractivity contribution < 1.29 is 26.4 Å². The Morgan fingerprint density at radius 3 is 2.30 bits per heavy atom. The van der Waals surface area contributed by atoms with E-state index in [0.717, 1.165) is 17.7 Å². The van der Waals surface area contributed by atoms with Crippen LogP contribution in [0.1, 0.15) is 17.9 Å². The number of carbonyl (C=O) groups is 1. The lowest BCUT2D eigenvalue weighted by molar-refractivity contribution is -0.132. The summed E-state index contributed by atoms with van der Waals surface area (Å²) in [4.78, 5) is 18.4. The van der Waals surface area contributed by atoms with Crippen LogP contribution in [0, 0.1) is 18.6 Å². The lowest BCUT2D eigenvalue weighted by Gasteiger charge is -2.34. The largest absolute Gasteiger partial charge is 0.441 e. The topological polar surface area (TPSA) is 83.7 Å². The molecule has 1 aliphatic heterocycles. The van der Waals surface area contributed by atoms with E-state index < -0.39 is 21.7 Å². The number of sulfonamides is 1. The average molecular weight is 476 g/mol. The molecule has 0 aliphatic carbocycles. The van der Waals surface area contributed by atoms with Gasteiger partial charge in [-0.05, 0) is 31.2 Å². The molecule has 0 saturated carbocycles. The van der Waals surface area contributed by atoms with E-state index in [1.165, 1.54) is 16.6 Å². The minimum Gasteiger partial charge on any atom is -0.441 e. The van der Waals surface area contributed by atoms with E-state index in [0.29, 0.717) is 0 Å². The summed E-state index contributed by atoms with van der Waals surface area (Å²) >= 11 is 0. The summed E-state index contributed by atoms with van der Waals surface area (Å²) in [7, 11) is -3.60. The highest BCUT2D eigenvalue weighted by atomic mass is 32.2. The Kier molecular flexibility index (Phi) is 6.57. The smallest absolute Gasteiger partial charge is 0.243 e. The molecular weight excluding hydrogens is 452 g/mol. The minimum absolute atomic E-state index is 0.0389. The maximum Gasteiger partial charge on any atom is 0.243 e. The van der Waals surface area contributed by atoms with Crippen LogP contribution in [0.25, 0.3) is 11.3 Å². The van der Waals surface area contributed by atoms with Crippen LogP contribution in [0.15, 0.2) is 58.0 Å². The summed E-state index contributed by atoms with van der Waals surface area (Å²) in [5, 5.41) is 0. The predicted octanol–water partition coefficient (Wildman–Crippen LogP) is 3.39. The Labute approximate surface area is 190 Å². The zero-order chi connectivity index (χ0) is 23.6. The van der Waals surface area contributed by atoms with Gasteiger partial charge in [0.15, 0.2) is 11.7 Å². The van der Waals surface area contributed by atoms with Crippen molar-refractivity contribution in [1.29, 1.82) is 0 Å². The van der Waals surface area contributed by atoms with Gasteiger partial charge in [-0.3, -0.25) is 4.79 Å². The van der Waals surface area contributed by atoms with Gasteiger partial charge in [-0.15, -0.1) is 0 Å². The number of hydrogen-bond acceptors (Lipinski definition) is 5. The number of oxazole rings is 1. The van der Waals surface area contributed by atoms with Crippen molar-refractivity contribution in [3.05, 3.63) is 71.8 Å². The zero-order valence-electron chi connectivity index (χ0n) is 18.0. The molecule has 1 amide bonds. The van der Waals surface area contributed by atoms with Crippen LogP contribution >= 0.6 is 0 Å². The van der Waals surface area contributed by atoms with E-state index in [2.05, 4.69) is 4.98 Å². The first-order valence-electron chi connectivity index (χ1n) is 10.5. The first kappa shape index (κ1) is 23.1. The summed E-state index contributed by atoms with van der Waals surface area (Å²) in [6.07, 6.45) is 1.48. The molecule has 2 aromatic carbocycles. The third-order valence-corrected chi connectivity index (χ3v) is 7.48. The summed E-state index contributed by atoms with van der Waals surface area (Å²) in [6.45, 7) is 2.86. The summed E-state index contributed by atoms with van der Waals surface area (Å²) in [6, 6.07) is 10.2. The van der Waals surface area contributed by atoms with Crippen molar-refractivity contribution in [3.8, 4) is 11.3 Å². The quantitative estimate of drug-likeness (QED) is 0.546. The fourth-order valence-corrected chi connectivity index (χ4v) is 5.11. The number of piperazine rings is 1. The van der Waals surface area contributed by atoms with Gasteiger partial charge in [-0.2, -0.15) is 4.31 Å². The molecule has 4 rings (SSSR count). The van der Waals surface area contributed by atoms with Crippen molar-refractivity contribution in [2.75, 3.05) is 26.2 Å². The number of rotatable bonds is 6. The molecular formula is C23H23F2N3O4S. The Morgan fingerprint density at radius 1 is 1.03 bits per heavy atom. The normalized spacial score (nSPS) is 15.1. The molecule has 1 aromatic heterocycles. The van der Waals surface area contributed by atoms with Gasteiger partial charge in [0.2, 0.25) is 15.9 Å². The molecule has 33 heavy (non-hydrogen) atoms. The van der Waals surface area contributed by atoms with Crippen LogP contribution < -0.4 is 0 Å². The van der Waals surface area contributed by atoms with Crippen LogP contribution in [0.3, 0.4) is 0 Å². The van der Waals surface area contributed by atoms with Crippen LogP contribution in [0.2, 0.25) is 0 Å². The van der Waals surface area contributed by atoms with Gasteiger partial charge in [0, 0.05) is 39.0 Å². The molecule has 0 radical (unpaired) electrons. The Balaban J connectivity index is 1.32. The molecule has 0 bridgehead atoms. The number of amides is 1. The number of benzene rings is 2. The fraction of sp³-hybridized carbons (Fsp3) is 0.304. The predicted molar refractivity (Wildman–Crippen MR) is 117 cm³/mol. The monoisotopic (exact) mass is 475 g/mol. The van der Waals surface area contributed by atoms with Crippen LogP contribution in [0.5, 0.6) is 0 Å². The van der Waals surface area contributed by atoms with Crippen molar-refractivity contribution in [2.24, 2.45) is 0 Å². The second-order valence-corrected chi connectivity index (χ2v) is 9.75. The van der Waals surface area contributed by atoms with E-state index in [-0.39, 0.29) is 67.0 Å². The van der Waals surface area contributed by atoms with Gasteiger partial charge in [0.25, 0.3) is 0 Å². The molecule has 0 N–H and O–H groups in total. The summed E-state index contributed by atoms with van der Waals surface area (Å²) in [5.41, 5.74) is 0.676. The first-order chi connectivity index (χ1) is 15.8. The molecule has 1 fully saturated rings. The molecule has 2 heterocycles. The highest BCUT2D eigenvalue weighted by molar-refractivity contribution is 7.89. The van der Waals surface area contributed by atoms with Gasteiger partial charge in [0.1, 0.15) is 11.6 Å². The number of nitrogens with zero attached hydrogens (tertiary/aromatic N) is 3. The second-order valence-electron chi connectivity index (χ2n) is 7.81. The zero-order valence-corrected chi connectivity index (χ0v) is 18.8. The standard InChI is InChI=1S/C23H23F2N3O4S/c1-16-5-7-17(8-6-16)33(30,31)28-13-11-27(12-14-28)22(29)10-9-21-26-15-20(32-21)23-18(24)3-2-4-19(23)25/h2-8,15H,9-14H2,1H3. The van der Waals surface area contributed by atoms with E-state index >= 15 is 0 Å². The lowest BCUT2D eigenvalue weighted by atomic mass is 10.1. The van der Waals surface area contributed by atoms with Gasteiger partial charge < -0.3 is 9.32 Å². The highest BCUT2D eigenvalue weighted by Gasteiger charge is 2.30. The van der Waals surface area contributed by atoms with Gasteiger partial charge in [0.05, 0.1) is 16.7 Å². The Bertz CT molecular complexity index is 1230. The van der Waals surface area contributed by atoms with Crippen LogP contribution in [-0.4, -0.2) is 54.7 Å². The SMILES string of the molecule is Cc1ccc(S(=O)(=O)N2CCN(C(=O)CCc3ncc(-c4c(F)cccc4F)o3)CC2)cc1. The molecule has 10 heteroatoms. The van der Waals surface area contributed by atoms with Gasteiger partial charge in [-0.1, -0.05) is 23.8 Å². The summed E-state index contributed by atoms with van der Waals surface area (Å²) in [5.74, 6) is -1.52. The second kappa shape index (κ2) is 9.40. The van der Waals surface area contributed by atoms with Crippen molar-refractivity contribution in [2.45, 2.75) is 24.7 Å². The summed E-state index contributed by atoms with van der Waals surface area (Å²) < 4.78 is 60.2. The number of aryl methyl sites for hydroxylation is 2. The number of carbonyl (C=O) groups excluding carboxylic acids is 1. The van der Waals surface area contributed by atoms with E-state index in [1.54, 1.807) is 29.2 Å². The molecule has 0 unspecified atom stereocenters. The molecule has 1 aliphatic rings. The van der Waals surface area contributed by atoms with Gasteiger partial charge >= 0.3 is 0 Å². The number of halogens is 2. The molecule has 3 aromatic rings. The third kappa shape index (κ3) is 4.96. The number of hydrogen-bond donors (Lipinski definition) is 0. The van der Waals surface area contributed by atoms with Crippen molar-refractivity contribution in [3.63, 3.8) is 0 Å². The maximum absolute atomic E-state index is 13.9. The molecule has 1 saturated heterocycles. The lowest BCUT2D eigenvalue weighted by Crippen LogP contribution is -2.50. The highest BCUT2D eigenvalue weighted by Crippen LogP contribution is 2.27. The number of aromatic nitrogens is 1. The molecule has 0 atom stereocenters. The Hall–Kier alpha value is -3.11. The molecule has 7 nitrogen and oxygen atoms in total. The third-order valence-electron chi connectivity index (χ3n) is 5.57. The minimum atomic E-state index is -3.60. The van der Waals surface area contributed by atoms with Gasteiger partial charge in [-0.25, -0.2) is 22.2 Å². The van der Waals surface area contributed by atoms with E-state index in [9.17, 15) is 22.0 Å². The maximum atomic E-state index is 13.9. The van der Waals surface area contributed by atoms with E-state index in [1.807, 2.05) is 6.92 Å². The van der Waals surface area contributed by atoms with Crippen LogP contribution in [0.4, 0.5) is 8.78 Å².